The SMILES string of the molecule is CCN1CCN(C(=O)C2CCN(Cc3ccc(OC)cc3OC)CC2)CC1. The lowest BCUT2D eigenvalue weighted by Gasteiger charge is -2.38. The number of hydrogen-bond acceptors (Lipinski definition) is 5. The Hall–Kier alpha value is -1.79. The molecule has 0 spiro atoms. The quantitative estimate of drug-likeness (QED) is 0.762. The lowest BCUT2D eigenvalue weighted by atomic mass is 9.94. The summed E-state index contributed by atoms with van der Waals surface area (Å²) in [5.41, 5.74) is 1.17. The second kappa shape index (κ2) is 9.42. The van der Waals surface area contributed by atoms with Crippen LogP contribution < -0.4 is 9.47 Å². The molecule has 1 aromatic rings. The second-order valence-corrected chi connectivity index (χ2v) is 7.49. The topological polar surface area (TPSA) is 45.2 Å². The van der Waals surface area contributed by atoms with Crippen molar-refractivity contribution in [3.05, 3.63) is 23.8 Å². The lowest BCUT2D eigenvalue weighted by Crippen LogP contribution is -2.51. The molecule has 0 radical (unpaired) electrons. The number of likely N-dealkylation sites (N-methyl/N-ethyl adjacent to an activating group) is 1. The predicted molar refractivity (Wildman–Crippen MR) is 106 cm³/mol. The van der Waals surface area contributed by atoms with Gasteiger partial charge in [-0.15, -0.1) is 0 Å². The van der Waals surface area contributed by atoms with Crippen LogP contribution in [0.15, 0.2) is 18.2 Å². The number of hydrogen-bond donors (Lipinski definition) is 0. The van der Waals surface area contributed by atoms with Crippen LogP contribution in [0.2, 0.25) is 0 Å². The number of carbonyl (C=O) groups is 1. The standard InChI is InChI=1S/C21H33N3O3/c1-4-22-11-13-24(14-12-22)21(25)17-7-9-23(10-8-17)16-18-5-6-19(26-2)15-20(18)27-3/h5-6,15,17H,4,7-14,16H2,1-3H3. The third kappa shape index (κ3) is 4.93. The lowest BCUT2D eigenvalue weighted by molar-refractivity contribution is -0.138. The normalized spacial score (nSPS) is 19.9. The maximum Gasteiger partial charge on any atom is 0.225 e. The second-order valence-electron chi connectivity index (χ2n) is 7.49. The molecule has 0 atom stereocenters. The van der Waals surface area contributed by atoms with E-state index in [-0.39, 0.29) is 5.92 Å². The molecule has 2 aliphatic heterocycles. The fourth-order valence-electron chi connectivity index (χ4n) is 4.10. The number of methoxy groups -OCH3 is 2. The van der Waals surface area contributed by atoms with Crippen LogP contribution in [-0.2, 0) is 11.3 Å². The summed E-state index contributed by atoms with van der Waals surface area (Å²) in [7, 11) is 3.36. The van der Waals surface area contributed by atoms with E-state index in [0.29, 0.717) is 5.91 Å². The summed E-state index contributed by atoms with van der Waals surface area (Å²) >= 11 is 0. The van der Waals surface area contributed by atoms with Gasteiger partial charge in [-0.25, -0.2) is 0 Å². The third-order valence-corrected chi connectivity index (χ3v) is 5.96. The molecule has 0 saturated carbocycles. The molecule has 1 aromatic carbocycles. The average molecular weight is 376 g/mol. The number of rotatable bonds is 6. The Labute approximate surface area is 163 Å². The van der Waals surface area contributed by atoms with Crippen LogP contribution in [0.1, 0.15) is 25.3 Å². The highest BCUT2D eigenvalue weighted by atomic mass is 16.5. The van der Waals surface area contributed by atoms with E-state index in [4.69, 9.17) is 9.47 Å². The Morgan fingerprint density at radius 1 is 1.00 bits per heavy atom. The number of likely N-dealkylation sites (tertiary alicyclic amines) is 1. The number of benzene rings is 1. The number of ether oxygens (including phenoxy) is 2. The van der Waals surface area contributed by atoms with Crippen LogP contribution >= 0.6 is 0 Å². The van der Waals surface area contributed by atoms with E-state index in [1.165, 1.54) is 5.56 Å². The van der Waals surface area contributed by atoms with Crippen molar-refractivity contribution in [1.29, 1.82) is 0 Å². The van der Waals surface area contributed by atoms with E-state index in [1.54, 1.807) is 14.2 Å². The van der Waals surface area contributed by atoms with E-state index in [0.717, 1.165) is 76.7 Å². The minimum atomic E-state index is 0.187. The predicted octanol–water partition coefficient (Wildman–Crippen LogP) is 2.08. The Kier molecular flexibility index (Phi) is 6.96. The fourth-order valence-corrected chi connectivity index (χ4v) is 4.10. The van der Waals surface area contributed by atoms with Gasteiger partial charge < -0.3 is 19.3 Å². The van der Waals surface area contributed by atoms with Crippen molar-refractivity contribution in [3.63, 3.8) is 0 Å². The molecule has 2 heterocycles. The minimum Gasteiger partial charge on any atom is -0.497 e. The molecule has 0 aromatic heterocycles. The summed E-state index contributed by atoms with van der Waals surface area (Å²) in [6, 6.07) is 5.98. The van der Waals surface area contributed by atoms with Crippen molar-refractivity contribution in [1.82, 2.24) is 14.7 Å². The summed E-state index contributed by atoms with van der Waals surface area (Å²) in [5.74, 6) is 2.23. The van der Waals surface area contributed by atoms with Crippen LogP contribution in [0.25, 0.3) is 0 Å². The molecule has 3 rings (SSSR count). The zero-order valence-corrected chi connectivity index (χ0v) is 16.9. The van der Waals surface area contributed by atoms with Crippen LogP contribution in [0.5, 0.6) is 11.5 Å². The van der Waals surface area contributed by atoms with Gasteiger partial charge in [0.1, 0.15) is 11.5 Å². The van der Waals surface area contributed by atoms with Gasteiger partial charge in [-0.1, -0.05) is 13.0 Å². The van der Waals surface area contributed by atoms with Gasteiger partial charge in [0.05, 0.1) is 14.2 Å². The molecule has 6 heteroatoms. The van der Waals surface area contributed by atoms with Gasteiger partial charge in [0, 0.05) is 50.3 Å². The zero-order chi connectivity index (χ0) is 19.2. The molecule has 1 amide bonds. The van der Waals surface area contributed by atoms with Crippen LogP contribution in [0.4, 0.5) is 0 Å². The first kappa shape index (κ1) is 20.0. The van der Waals surface area contributed by atoms with Crippen molar-refractivity contribution >= 4 is 5.91 Å². The monoisotopic (exact) mass is 375 g/mol. The molecule has 0 aliphatic carbocycles. The maximum atomic E-state index is 12.8. The molecular formula is C21H33N3O3. The molecule has 0 unspecified atom stereocenters. The fraction of sp³-hybridized carbons (Fsp3) is 0.667. The summed E-state index contributed by atoms with van der Waals surface area (Å²) < 4.78 is 10.8. The van der Waals surface area contributed by atoms with Crippen LogP contribution in [-0.4, -0.2) is 80.6 Å². The largest absolute Gasteiger partial charge is 0.497 e. The summed E-state index contributed by atoms with van der Waals surface area (Å²) in [5, 5.41) is 0. The van der Waals surface area contributed by atoms with Crippen LogP contribution in [0.3, 0.4) is 0 Å². The molecule has 27 heavy (non-hydrogen) atoms. The highest BCUT2D eigenvalue weighted by Gasteiger charge is 2.30. The number of carbonyl (C=O) groups excluding carboxylic acids is 1. The molecule has 150 valence electrons. The van der Waals surface area contributed by atoms with E-state index in [2.05, 4.69) is 27.7 Å². The van der Waals surface area contributed by atoms with Gasteiger partial charge in [0.15, 0.2) is 0 Å². The molecule has 0 N–H and O–H groups in total. The number of amides is 1. The molecule has 2 saturated heterocycles. The van der Waals surface area contributed by atoms with E-state index >= 15 is 0 Å². The highest BCUT2D eigenvalue weighted by molar-refractivity contribution is 5.79. The highest BCUT2D eigenvalue weighted by Crippen LogP contribution is 2.28. The van der Waals surface area contributed by atoms with Gasteiger partial charge in [-0.3, -0.25) is 9.69 Å². The molecule has 6 nitrogen and oxygen atoms in total. The minimum absolute atomic E-state index is 0.187. The molecular weight excluding hydrogens is 342 g/mol. The van der Waals surface area contributed by atoms with Crippen molar-refractivity contribution in [2.75, 3.05) is 60.0 Å². The Morgan fingerprint density at radius 2 is 1.70 bits per heavy atom. The van der Waals surface area contributed by atoms with Gasteiger partial charge in [-0.2, -0.15) is 0 Å². The first-order valence-electron chi connectivity index (χ1n) is 10.1. The summed E-state index contributed by atoms with van der Waals surface area (Å²) in [6.07, 6.45) is 1.90. The first-order chi connectivity index (χ1) is 13.1. The summed E-state index contributed by atoms with van der Waals surface area (Å²) in [4.78, 5) is 19.8. The van der Waals surface area contributed by atoms with Crippen molar-refractivity contribution in [2.45, 2.75) is 26.3 Å². The number of nitrogens with zero attached hydrogens (tertiary/aromatic N) is 3. The van der Waals surface area contributed by atoms with Gasteiger partial charge in [0.25, 0.3) is 0 Å². The Bertz CT molecular complexity index is 621. The molecule has 2 fully saturated rings. The zero-order valence-electron chi connectivity index (χ0n) is 16.9. The molecule has 2 aliphatic rings. The van der Waals surface area contributed by atoms with E-state index in [9.17, 15) is 4.79 Å². The van der Waals surface area contributed by atoms with E-state index in [1.807, 2.05) is 12.1 Å². The third-order valence-electron chi connectivity index (χ3n) is 5.96. The van der Waals surface area contributed by atoms with Gasteiger partial charge >= 0.3 is 0 Å². The number of piperidine rings is 1. The van der Waals surface area contributed by atoms with Crippen LogP contribution in [0, 0.1) is 5.92 Å². The van der Waals surface area contributed by atoms with E-state index < -0.39 is 0 Å². The Balaban J connectivity index is 1.50. The first-order valence-corrected chi connectivity index (χ1v) is 10.1. The smallest absolute Gasteiger partial charge is 0.225 e. The van der Waals surface area contributed by atoms with Gasteiger partial charge in [0.2, 0.25) is 5.91 Å². The number of piperazine rings is 1. The molecule has 0 bridgehead atoms. The summed E-state index contributed by atoms with van der Waals surface area (Å²) in [6.45, 7) is 9.83. The van der Waals surface area contributed by atoms with Crippen molar-refractivity contribution in [2.24, 2.45) is 5.92 Å². The van der Waals surface area contributed by atoms with Crippen molar-refractivity contribution < 1.29 is 14.3 Å². The Morgan fingerprint density at radius 3 is 2.30 bits per heavy atom. The van der Waals surface area contributed by atoms with Crippen molar-refractivity contribution in [3.8, 4) is 11.5 Å². The van der Waals surface area contributed by atoms with Gasteiger partial charge in [-0.05, 0) is 38.5 Å². The maximum absolute atomic E-state index is 12.8. The average Bonchev–Trinajstić information content (AvgIpc) is 2.74.